The summed E-state index contributed by atoms with van der Waals surface area (Å²) in [6, 6.07) is 0.388. The van der Waals surface area contributed by atoms with Gasteiger partial charge in [0.05, 0.1) is 0 Å². The summed E-state index contributed by atoms with van der Waals surface area (Å²) in [6.45, 7) is 3.87. The first-order valence-corrected chi connectivity index (χ1v) is 5.30. The number of nitrogens with two attached hydrogens (primary N) is 1. The second-order valence-electron chi connectivity index (χ2n) is 3.78. The number of carbonyl (C=O) groups is 1. The van der Waals surface area contributed by atoms with E-state index in [4.69, 9.17) is 10.6 Å². The molecule has 0 fully saturated rings. The van der Waals surface area contributed by atoms with Crippen LogP contribution in [0.2, 0.25) is 0 Å². The molecule has 1 unspecified atom stereocenters. The monoisotopic (exact) mass is 217 g/mol. The summed E-state index contributed by atoms with van der Waals surface area (Å²) >= 11 is 0. The van der Waals surface area contributed by atoms with Crippen molar-refractivity contribution in [2.75, 3.05) is 27.3 Å². The van der Waals surface area contributed by atoms with E-state index in [2.05, 4.69) is 24.3 Å². The van der Waals surface area contributed by atoms with Gasteiger partial charge in [-0.1, -0.05) is 0 Å². The van der Waals surface area contributed by atoms with Crippen molar-refractivity contribution < 1.29 is 9.53 Å². The van der Waals surface area contributed by atoms with Crippen LogP contribution in [0.25, 0.3) is 0 Å². The third-order valence-electron chi connectivity index (χ3n) is 2.56. The molecule has 0 saturated heterocycles. The smallest absolute Gasteiger partial charge is 0.233 e. The summed E-state index contributed by atoms with van der Waals surface area (Å²) in [7, 11) is 3.76. The molecule has 0 aliphatic rings. The van der Waals surface area contributed by atoms with E-state index in [0.717, 1.165) is 26.0 Å². The van der Waals surface area contributed by atoms with Crippen LogP contribution in [-0.2, 0) is 9.53 Å². The van der Waals surface area contributed by atoms with Crippen molar-refractivity contribution in [3.63, 3.8) is 0 Å². The van der Waals surface area contributed by atoms with Crippen molar-refractivity contribution in [2.24, 2.45) is 5.84 Å². The van der Waals surface area contributed by atoms with Crippen LogP contribution in [0, 0.1) is 0 Å². The highest BCUT2D eigenvalue weighted by Gasteiger charge is 2.10. The zero-order valence-corrected chi connectivity index (χ0v) is 9.95. The standard InChI is InChI=1S/C10H23N3O2/c1-9(5-6-10(14)12-11)13(2)7-4-8-15-3/h9H,4-8,11H2,1-3H3,(H,12,14). The Balaban J connectivity index is 3.59. The predicted molar refractivity (Wildman–Crippen MR) is 60.1 cm³/mol. The van der Waals surface area contributed by atoms with Crippen LogP contribution in [0.5, 0.6) is 0 Å². The van der Waals surface area contributed by atoms with Gasteiger partial charge in [0.15, 0.2) is 0 Å². The maximum absolute atomic E-state index is 10.9. The molecule has 3 N–H and O–H groups in total. The van der Waals surface area contributed by atoms with E-state index in [1.54, 1.807) is 7.11 Å². The van der Waals surface area contributed by atoms with Gasteiger partial charge < -0.3 is 9.64 Å². The highest BCUT2D eigenvalue weighted by Crippen LogP contribution is 2.04. The van der Waals surface area contributed by atoms with Gasteiger partial charge in [-0.15, -0.1) is 0 Å². The highest BCUT2D eigenvalue weighted by atomic mass is 16.5. The molecule has 0 saturated carbocycles. The van der Waals surface area contributed by atoms with Crippen molar-refractivity contribution >= 4 is 5.91 Å². The lowest BCUT2D eigenvalue weighted by molar-refractivity contribution is -0.121. The number of ether oxygens (including phenoxy) is 1. The number of methoxy groups -OCH3 is 1. The average Bonchev–Trinajstić information content (AvgIpc) is 2.25. The lowest BCUT2D eigenvalue weighted by atomic mass is 10.1. The molecule has 0 radical (unpaired) electrons. The number of hydrogen-bond acceptors (Lipinski definition) is 4. The van der Waals surface area contributed by atoms with Crippen molar-refractivity contribution in [3.8, 4) is 0 Å². The van der Waals surface area contributed by atoms with Gasteiger partial charge >= 0.3 is 0 Å². The van der Waals surface area contributed by atoms with Crippen LogP contribution in [0.1, 0.15) is 26.2 Å². The molecular formula is C10H23N3O2. The van der Waals surface area contributed by atoms with Crippen LogP contribution in [0.4, 0.5) is 0 Å². The minimum atomic E-state index is -0.104. The molecule has 0 aromatic carbocycles. The van der Waals surface area contributed by atoms with E-state index in [-0.39, 0.29) is 5.91 Å². The summed E-state index contributed by atoms with van der Waals surface area (Å²) in [5.41, 5.74) is 2.13. The zero-order chi connectivity index (χ0) is 11.7. The van der Waals surface area contributed by atoms with E-state index in [1.165, 1.54) is 0 Å². The Morgan fingerprint density at radius 3 is 2.80 bits per heavy atom. The average molecular weight is 217 g/mol. The molecule has 0 bridgehead atoms. The fourth-order valence-corrected chi connectivity index (χ4v) is 1.31. The second kappa shape index (κ2) is 8.64. The molecule has 0 spiro atoms. The summed E-state index contributed by atoms with van der Waals surface area (Å²) in [5, 5.41) is 0. The molecule has 90 valence electrons. The SMILES string of the molecule is COCCCN(C)C(C)CCC(=O)NN. The summed E-state index contributed by atoms with van der Waals surface area (Å²) < 4.78 is 4.98. The van der Waals surface area contributed by atoms with Crippen LogP contribution >= 0.6 is 0 Å². The quantitative estimate of drug-likeness (QED) is 0.262. The van der Waals surface area contributed by atoms with E-state index in [0.29, 0.717) is 12.5 Å². The number of amides is 1. The predicted octanol–water partition coefficient (Wildman–Crippen LogP) is 0.113. The number of rotatable bonds is 8. The zero-order valence-electron chi connectivity index (χ0n) is 9.95. The van der Waals surface area contributed by atoms with E-state index in [1.807, 2.05) is 0 Å². The van der Waals surface area contributed by atoms with Gasteiger partial charge in [0.2, 0.25) is 5.91 Å². The van der Waals surface area contributed by atoms with E-state index in [9.17, 15) is 4.79 Å². The Hall–Kier alpha value is -0.650. The first-order chi connectivity index (χ1) is 7.11. The van der Waals surface area contributed by atoms with Gasteiger partial charge in [-0.05, 0) is 26.8 Å². The fraction of sp³-hybridized carbons (Fsp3) is 0.900. The van der Waals surface area contributed by atoms with Crippen LogP contribution < -0.4 is 11.3 Å². The molecule has 15 heavy (non-hydrogen) atoms. The minimum Gasteiger partial charge on any atom is -0.385 e. The van der Waals surface area contributed by atoms with Crippen molar-refractivity contribution in [3.05, 3.63) is 0 Å². The third-order valence-corrected chi connectivity index (χ3v) is 2.56. The van der Waals surface area contributed by atoms with Crippen molar-refractivity contribution in [1.29, 1.82) is 0 Å². The molecule has 1 amide bonds. The van der Waals surface area contributed by atoms with Crippen LogP contribution in [-0.4, -0.2) is 44.2 Å². The molecule has 0 aliphatic heterocycles. The lowest BCUT2D eigenvalue weighted by Gasteiger charge is -2.24. The Morgan fingerprint density at radius 1 is 1.60 bits per heavy atom. The number of carbonyl (C=O) groups excluding carboxylic acids is 1. The molecule has 0 rings (SSSR count). The van der Waals surface area contributed by atoms with Gasteiger partial charge in [-0.3, -0.25) is 10.2 Å². The minimum absolute atomic E-state index is 0.104. The van der Waals surface area contributed by atoms with Crippen LogP contribution in [0.15, 0.2) is 0 Å². The molecule has 0 aromatic rings. The largest absolute Gasteiger partial charge is 0.385 e. The molecule has 1 atom stereocenters. The molecule has 5 nitrogen and oxygen atoms in total. The molecule has 5 heteroatoms. The molecule has 0 heterocycles. The Bertz CT molecular complexity index is 176. The third kappa shape index (κ3) is 7.30. The topological polar surface area (TPSA) is 67.6 Å². The summed E-state index contributed by atoms with van der Waals surface area (Å²) in [4.78, 5) is 13.1. The van der Waals surface area contributed by atoms with Gasteiger partial charge in [0.25, 0.3) is 0 Å². The second-order valence-corrected chi connectivity index (χ2v) is 3.78. The number of nitrogens with one attached hydrogen (secondary N) is 1. The van der Waals surface area contributed by atoms with Gasteiger partial charge in [0, 0.05) is 32.7 Å². The van der Waals surface area contributed by atoms with Gasteiger partial charge in [-0.2, -0.15) is 0 Å². The fourth-order valence-electron chi connectivity index (χ4n) is 1.31. The van der Waals surface area contributed by atoms with Crippen molar-refractivity contribution in [1.82, 2.24) is 10.3 Å². The summed E-state index contributed by atoms with van der Waals surface area (Å²) in [5.74, 6) is 4.90. The van der Waals surface area contributed by atoms with E-state index >= 15 is 0 Å². The number of nitrogens with zero attached hydrogens (tertiary/aromatic N) is 1. The maximum Gasteiger partial charge on any atom is 0.233 e. The Morgan fingerprint density at radius 2 is 2.27 bits per heavy atom. The first kappa shape index (κ1) is 14.3. The summed E-state index contributed by atoms with van der Waals surface area (Å²) in [6.07, 6.45) is 2.32. The van der Waals surface area contributed by atoms with Crippen LogP contribution in [0.3, 0.4) is 0 Å². The Labute approximate surface area is 91.9 Å². The Kier molecular flexibility index (Phi) is 8.27. The van der Waals surface area contributed by atoms with Gasteiger partial charge in [0.1, 0.15) is 0 Å². The molecule has 0 aromatic heterocycles. The first-order valence-electron chi connectivity index (χ1n) is 5.30. The van der Waals surface area contributed by atoms with E-state index < -0.39 is 0 Å². The number of hydrazine groups is 1. The van der Waals surface area contributed by atoms with Crippen molar-refractivity contribution in [2.45, 2.75) is 32.2 Å². The highest BCUT2D eigenvalue weighted by molar-refractivity contribution is 5.75. The number of hydrogen-bond donors (Lipinski definition) is 2. The molecular weight excluding hydrogens is 194 g/mol. The molecule has 0 aliphatic carbocycles. The van der Waals surface area contributed by atoms with Gasteiger partial charge in [-0.25, -0.2) is 5.84 Å². The normalized spacial score (nSPS) is 12.9. The maximum atomic E-state index is 10.9. The lowest BCUT2D eigenvalue weighted by Crippen LogP contribution is -2.34.